The maximum Gasteiger partial charge on any atom is -0.412 e. The molecule has 1 radical (unpaired) electrons. The van der Waals surface area contributed by atoms with Gasteiger partial charge in [-0.2, -0.15) is 0 Å². The van der Waals surface area contributed by atoms with E-state index in [1.54, 1.807) is 0 Å². The molecule has 0 amide bonds. The summed E-state index contributed by atoms with van der Waals surface area (Å²) in [4.78, 5) is 0. The van der Waals surface area contributed by atoms with Crippen molar-refractivity contribution in [3.63, 3.8) is 0 Å². The van der Waals surface area contributed by atoms with Gasteiger partial charge in [-0.15, -0.1) is 0 Å². The second-order valence-corrected chi connectivity index (χ2v) is 28.2. The molecule has 0 aromatic carbocycles. The van der Waals surface area contributed by atoms with E-state index in [0.29, 0.717) is 0 Å². The SMILES string of the molecule is CCC[CH2][Sn]([CH2]CC)[O][Sn]([Cl])([CH2]CC)[CH2]CCC.O. The summed E-state index contributed by atoms with van der Waals surface area (Å²) in [7, 11) is 6.96. The zero-order valence-electron chi connectivity index (χ0n) is 13.4. The van der Waals surface area contributed by atoms with E-state index in [-0.39, 0.29) is 5.48 Å². The molecule has 0 bridgehead atoms. The van der Waals surface area contributed by atoms with Crippen molar-refractivity contribution in [2.24, 2.45) is 0 Å². The summed E-state index contributed by atoms with van der Waals surface area (Å²) in [6.45, 7) is 9.11. The van der Waals surface area contributed by atoms with Gasteiger partial charge in [-0.1, -0.05) is 0 Å². The van der Waals surface area contributed by atoms with Crippen molar-refractivity contribution >= 4 is 46.8 Å². The molecule has 0 rings (SSSR count). The minimum atomic E-state index is -2.65. The molecule has 5 heteroatoms. The largest absolute Gasteiger partial charge is 0.412 e. The molecule has 0 fully saturated rings. The van der Waals surface area contributed by atoms with E-state index in [1.165, 1.54) is 56.3 Å². The van der Waals surface area contributed by atoms with Gasteiger partial charge in [0.1, 0.15) is 0 Å². The number of halogens is 1. The normalized spacial score (nSPS) is 14.2. The van der Waals surface area contributed by atoms with Crippen molar-refractivity contribution in [1.82, 2.24) is 0 Å². The molecule has 0 aliphatic rings. The van der Waals surface area contributed by atoms with Crippen LogP contribution in [-0.2, 0) is 1.41 Å². The molecule has 0 aliphatic heterocycles. The Kier molecular flexibility index (Phi) is 17.9. The van der Waals surface area contributed by atoms with E-state index in [1.807, 2.05) is 0 Å². The predicted molar refractivity (Wildman–Crippen MR) is 91.7 cm³/mol. The quantitative estimate of drug-likeness (QED) is 0.332. The third-order valence-electron chi connectivity index (χ3n) is 3.19. The zero-order valence-corrected chi connectivity index (χ0v) is 19.8. The molecule has 2 nitrogen and oxygen atoms in total. The van der Waals surface area contributed by atoms with Crippen LogP contribution in [0.2, 0.25) is 17.7 Å². The summed E-state index contributed by atoms with van der Waals surface area (Å²) in [6, 6.07) is 0. The summed E-state index contributed by atoms with van der Waals surface area (Å²) < 4.78 is 12.0. The second kappa shape index (κ2) is 14.7. The Morgan fingerprint density at radius 2 is 1.47 bits per heavy atom. The van der Waals surface area contributed by atoms with Crippen LogP contribution in [0.5, 0.6) is 0 Å². The van der Waals surface area contributed by atoms with Crippen LogP contribution in [0.25, 0.3) is 0 Å². The number of rotatable bonds is 12. The van der Waals surface area contributed by atoms with Crippen LogP contribution in [0.15, 0.2) is 0 Å². The molecular formula is C14H34ClO2Sn2. The Hall–Kier alpha value is 1.81. The molecule has 1 unspecified atom stereocenters. The maximum absolute atomic E-state index is 6.96. The van der Waals surface area contributed by atoms with Crippen molar-refractivity contribution in [3.05, 3.63) is 0 Å². The summed E-state index contributed by atoms with van der Waals surface area (Å²) >= 11 is -4.24. The van der Waals surface area contributed by atoms with Crippen molar-refractivity contribution < 1.29 is 6.89 Å². The summed E-state index contributed by atoms with van der Waals surface area (Å²) in [5, 5.41) is 0. The fourth-order valence-corrected chi connectivity index (χ4v) is 39.4. The van der Waals surface area contributed by atoms with Gasteiger partial charge in [0.25, 0.3) is 0 Å². The second-order valence-electron chi connectivity index (χ2n) is 5.23. The molecule has 0 saturated heterocycles. The first-order chi connectivity index (χ1) is 8.61. The van der Waals surface area contributed by atoms with Crippen molar-refractivity contribution in [1.29, 1.82) is 0 Å². The molecule has 0 heterocycles. The van der Waals surface area contributed by atoms with Crippen LogP contribution in [0.4, 0.5) is 0 Å². The van der Waals surface area contributed by atoms with Crippen LogP contribution in [-0.4, -0.2) is 43.3 Å². The summed E-state index contributed by atoms with van der Waals surface area (Å²) in [5.41, 5.74) is 0. The molecule has 0 saturated carbocycles. The van der Waals surface area contributed by atoms with E-state index >= 15 is 0 Å². The van der Waals surface area contributed by atoms with E-state index in [4.69, 9.17) is 10.3 Å². The third-order valence-corrected chi connectivity index (χ3v) is 35.9. The summed E-state index contributed by atoms with van der Waals surface area (Å²) in [5.74, 6) is 0. The molecule has 0 spiro atoms. The Labute approximate surface area is 136 Å². The van der Waals surface area contributed by atoms with Crippen LogP contribution < -0.4 is 0 Å². The van der Waals surface area contributed by atoms with Gasteiger partial charge in [-0.05, 0) is 0 Å². The van der Waals surface area contributed by atoms with Crippen LogP contribution >= 0.6 is 8.92 Å². The Morgan fingerprint density at radius 1 is 0.842 bits per heavy atom. The number of hydrogen-bond donors (Lipinski definition) is 0. The van der Waals surface area contributed by atoms with Gasteiger partial charge in [-0.25, -0.2) is 0 Å². The van der Waals surface area contributed by atoms with Crippen molar-refractivity contribution in [2.45, 2.75) is 84.0 Å². The van der Waals surface area contributed by atoms with Crippen LogP contribution in [0.3, 0.4) is 0 Å². The molecule has 0 aromatic rings. The van der Waals surface area contributed by atoms with E-state index in [0.717, 1.165) is 0 Å². The average Bonchev–Trinajstić information content (AvgIpc) is 2.34. The topological polar surface area (TPSA) is 40.7 Å². The Balaban J connectivity index is 0. The fraction of sp³-hybridized carbons (Fsp3) is 1.00. The third kappa shape index (κ3) is 12.1. The molecule has 19 heavy (non-hydrogen) atoms. The van der Waals surface area contributed by atoms with Gasteiger partial charge in [-0.3, -0.25) is 0 Å². The molecule has 2 N–H and O–H groups in total. The average molecular weight is 507 g/mol. The van der Waals surface area contributed by atoms with Crippen LogP contribution in [0, 0.1) is 0 Å². The van der Waals surface area contributed by atoms with E-state index in [2.05, 4.69) is 27.7 Å². The van der Waals surface area contributed by atoms with Crippen LogP contribution in [0.1, 0.15) is 66.2 Å². The molecule has 117 valence electrons. The standard InChI is InChI=1S/2C4H9.2C3H7.ClH.H2O.O.2Sn/c2*1-3-4-2;2*1-3-2;;;;;/h2*1,3-4H2,2H3;2*1,3H2,2H3;1H;1H2;;;/q;;;;;;;;+1/p-1. The summed E-state index contributed by atoms with van der Waals surface area (Å²) in [6.07, 6.45) is 7.75. The van der Waals surface area contributed by atoms with Gasteiger partial charge >= 0.3 is 132 Å². The molecule has 1 atom stereocenters. The molecule has 0 aliphatic carbocycles. The zero-order chi connectivity index (χ0) is 13.9. The minimum Gasteiger partial charge on any atom is -0.412 e. The Bertz CT molecular complexity index is 196. The van der Waals surface area contributed by atoms with Crippen molar-refractivity contribution in [2.75, 3.05) is 0 Å². The van der Waals surface area contributed by atoms with Gasteiger partial charge in [0.2, 0.25) is 0 Å². The first kappa shape index (κ1) is 23.1. The predicted octanol–water partition coefficient (Wildman–Crippen LogP) is 5.27. The van der Waals surface area contributed by atoms with Crippen molar-refractivity contribution in [3.8, 4) is 0 Å². The van der Waals surface area contributed by atoms with Gasteiger partial charge in [0.15, 0.2) is 0 Å². The maximum atomic E-state index is 6.96. The number of hydrogen-bond acceptors (Lipinski definition) is 1. The monoisotopic (exact) mass is 509 g/mol. The minimum absolute atomic E-state index is 0. The van der Waals surface area contributed by atoms with E-state index in [9.17, 15) is 0 Å². The first-order valence-electron chi connectivity index (χ1n) is 7.84. The van der Waals surface area contributed by atoms with Gasteiger partial charge < -0.3 is 5.48 Å². The van der Waals surface area contributed by atoms with Gasteiger partial charge in [0, 0.05) is 0 Å². The smallest absolute Gasteiger partial charge is 0.412 e. The molecular weight excluding hydrogens is 473 g/mol. The number of unbranched alkanes of at least 4 members (excludes halogenated alkanes) is 2. The molecule has 0 aromatic heterocycles. The van der Waals surface area contributed by atoms with Gasteiger partial charge in [0.05, 0.1) is 0 Å². The van der Waals surface area contributed by atoms with E-state index < -0.39 is 37.8 Å². The first-order valence-corrected chi connectivity index (χ1v) is 21.9. The Morgan fingerprint density at radius 3 is 1.95 bits per heavy atom. The fourth-order valence-electron chi connectivity index (χ4n) is 2.18.